The summed E-state index contributed by atoms with van der Waals surface area (Å²) in [6.07, 6.45) is 0. The first-order valence-corrected chi connectivity index (χ1v) is 2.49. The molecule has 1 N–H and O–H groups in total. The summed E-state index contributed by atoms with van der Waals surface area (Å²) >= 11 is 0. The zero-order valence-electron chi connectivity index (χ0n) is 3.56. The molecular weight excluding hydrogens is 96.1 g/mol. The van der Waals surface area contributed by atoms with Gasteiger partial charge >= 0.3 is 6.03 Å². The van der Waals surface area contributed by atoms with Gasteiger partial charge in [0.25, 0.3) is 0 Å². The maximum atomic E-state index is 9.88. The van der Waals surface area contributed by atoms with Gasteiger partial charge in [-0.15, -0.1) is 0 Å². The van der Waals surface area contributed by atoms with E-state index >= 15 is 0 Å². The van der Waals surface area contributed by atoms with E-state index in [0.29, 0.717) is 10.4 Å². The van der Waals surface area contributed by atoms with Gasteiger partial charge in [0.15, 0.2) is 0 Å². The van der Waals surface area contributed by atoms with Crippen molar-refractivity contribution in [2.75, 3.05) is 0 Å². The van der Waals surface area contributed by atoms with E-state index in [9.17, 15) is 4.79 Å². The second-order valence-corrected chi connectivity index (χ2v) is 1.21. The third kappa shape index (κ3) is 1.65. The summed E-state index contributed by atoms with van der Waals surface area (Å²) in [5.41, 5.74) is 0. The quantitative estimate of drug-likeness (QED) is 0.299. The van der Waals surface area contributed by atoms with Crippen LogP contribution in [0.15, 0.2) is 4.99 Å². The van der Waals surface area contributed by atoms with Crippen LogP contribution >= 0.6 is 0 Å². The minimum absolute atomic E-state index is 0.332. The normalized spacial score (nSPS) is 7.33. The minimum Gasteiger partial charge on any atom is -0.371 e. The highest BCUT2D eigenvalue weighted by Crippen LogP contribution is 1.60. The summed E-state index contributed by atoms with van der Waals surface area (Å²) in [4.78, 5) is 15.3. The van der Waals surface area contributed by atoms with Crippen molar-refractivity contribution in [3.05, 3.63) is 0 Å². The largest absolute Gasteiger partial charge is 0.371 e. The SMILES string of the molecule is C=NC(=O)N[SiH3]. The molecule has 0 rings (SSSR count). The Morgan fingerprint density at radius 2 is 2.50 bits per heavy atom. The van der Waals surface area contributed by atoms with Crippen LogP contribution in [0.2, 0.25) is 0 Å². The van der Waals surface area contributed by atoms with Gasteiger partial charge in [-0.25, -0.2) is 9.79 Å². The van der Waals surface area contributed by atoms with E-state index in [-0.39, 0.29) is 6.03 Å². The second-order valence-electron chi connectivity index (χ2n) is 0.713. The van der Waals surface area contributed by atoms with Crippen molar-refractivity contribution in [1.82, 2.24) is 4.98 Å². The molecule has 0 saturated heterocycles. The molecule has 3 nitrogen and oxygen atoms in total. The highest BCUT2D eigenvalue weighted by atomic mass is 28.2. The Morgan fingerprint density at radius 3 is 2.50 bits per heavy atom. The van der Waals surface area contributed by atoms with Crippen LogP contribution < -0.4 is 4.98 Å². The highest BCUT2D eigenvalue weighted by Gasteiger charge is 1.79. The number of hydrogen-bond donors (Lipinski definition) is 1. The number of amides is 2. The fraction of sp³-hybridized carbons (Fsp3) is 0. The Labute approximate surface area is 39.0 Å². The van der Waals surface area contributed by atoms with Gasteiger partial charge in [-0.2, -0.15) is 0 Å². The van der Waals surface area contributed by atoms with Crippen molar-refractivity contribution in [3.63, 3.8) is 0 Å². The Kier molecular flexibility index (Phi) is 2.31. The summed E-state index contributed by atoms with van der Waals surface area (Å²) in [5.74, 6) is 0. The van der Waals surface area contributed by atoms with E-state index in [0.717, 1.165) is 0 Å². The molecule has 4 heteroatoms. The van der Waals surface area contributed by atoms with Crippen LogP contribution in [0.3, 0.4) is 0 Å². The number of hydrogen-bond acceptors (Lipinski definition) is 1. The maximum Gasteiger partial charge on any atom is 0.331 e. The number of carbonyl (C=O) groups excluding carboxylic acids is 1. The zero-order chi connectivity index (χ0) is 4.99. The molecule has 0 spiro atoms. The molecule has 0 aliphatic heterocycles. The molecule has 0 aromatic heterocycles. The van der Waals surface area contributed by atoms with Crippen LogP contribution in [0.5, 0.6) is 0 Å². The number of nitrogens with zero attached hydrogens (tertiary/aromatic N) is 1. The molecule has 2 amide bonds. The molecule has 34 valence electrons. The van der Waals surface area contributed by atoms with Gasteiger partial charge in [0.1, 0.15) is 10.4 Å². The van der Waals surface area contributed by atoms with Gasteiger partial charge < -0.3 is 4.98 Å². The highest BCUT2D eigenvalue weighted by molar-refractivity contribution is 6.14. The lowest BCUT2D eigenvalue weighted by Gasteiger charge is -1.82. The molecule has 0 atom stereocenters. The summed E-state index contributed by atoms with van der Waals surface area (Å²) in [5, 5.41) is 0. The molecule has 6 heavy (non-hydrogen) atoms. The number of urea groups is 1. The third-order valence-electron chi connectivity index (χ3n) is 0.357. The van der Waals surface area contributed by atoms with Gasteiger partial charge in [-0.3, -0.25) is 0 Å². The lowest BCUT2D eigenvalue weighted by atomic mass is 11.1. The topological polar surface area (TPSA) is 41.5 Å². The van der Waals surface area contributed by atoms with Crippen molar-refractivity contribution in [2.24, 2.45) is 4.99 Å². The third-order valence-corrected chi connectivity index (χ3v) is 0.785. The van der Waals surface area contributed by atoms with E-state index < -0.39 is 0 Å². The fourth-order valence-corrected chi connectivity index (χ4v) is 0.237. The van der Waals surface area contributed by atoms with Crippen molar-refractivity contribution in [3.8, 4) is 0 Å². The van der Waals surface area contributed by atoms with Gasteiger partial charge in [0, 0.05) is 0 Å². The van der Waals surface area contributed by atoms with Gasteiger partial charge in [0.05, 0.1) is 0 Å². The molecule has 0 aliphatic carbocycles. The molecule has 0 aromatic rings. The first-order chi connectivity index (χ1) is 2.81. The van der Waals surface area contributed by atoms with Crippen LogP contribution in [-0.2, 0) is 0 Å². The van der Waals surface area contributed by atoms with Crippen LogP contribution in [0.4, 0.5) is 4.79 Å². The standard InChI is InChI=1S/C2H6N2OSi/c1-3-2(5)4-6/h1H2,6H3,(H,4,5). The summed E-state index contributed by atoms with van der Waals surface area (Å²) in [6, 6.07) is -0.332. The second kappa shape index (κ2) is 2.59. The monoisotopic (exact) mass is 102 g/mol. The molecule has 0 saturated carbocycles. The van der Waals surface area contributed by atoms with Gasteiger partial charge in [-0.05, 0) is 6.72 Å². The smallest absolute Gasteiger partial charge is 0.331 e. The molecule has 0 radical (unpaired) electrons. The predicted octanol–water partition coefficient (Wildman–Crippen LogP) is -1.32. The number of rotatable bonds is 0. The Bertz CT molecular complexity index is 71.9. The molecule has 0 aromatic carbocycles. The molecular formula is C2H6N2OSi. The average molecular weight is 102 g/mol. The average Bonchev–Trinajstić information content (AvgIpc) is 1.65. The lowest BCUT2D eigenvalue weighted by Crippen LogP contribution is -2.13. The van der Waals surface area contributed by atoms with Gasteiger partial charge in [0.2, 0.25) is 0 Å². The van der Waals surface area contributed by atoms with E-state index in [1.807, 2.05) is 0 Å². The first-order valence-electron chi connectivity index (χ1n) is 1.49. The van der Waals surface area contributed by atoms with Crippen molar-refractivity contribution < 1.29 is 4.79 Å². The number of nitrogens with one attached hydrogen (secondary N) is 1. The summed E-state index contributed by atoms with van der Waals surface area (Å²) in [7, 11) is 0.649. The molecule has 0 aliphatic rings. The van der Waals surface area contributed by atoms with E-state index in [4.69, 9.17) is 0 Å². The fourth-order valence-electron chi connectivity index (χ4n) is 0.0791. The Balaban J connectivity index is 3.23. The van der Waals surface area contributed by atoms with E-state index in [1.165, 1.54) is 0 Å². The van der Waals surface area contributed by atoms with Crippen LogP contribution in [0.25, 0.3) is 0 Å². The first kappa shape index (κ1) is 5.36. The lowest BCUT2D eigenvalue weighted by molar-refractivity contribution is 0.254. The Hall–Kier alpha value is -0.643. The zero-order valence-corrected chi connectivity index (χ0v) is 5.56. The minimum atomic E-state index is -0.332. The molecule has 0 bridgehead atoms. The van der Waals surface area contributed by atoms with Crippen LogP contribution in [0, 0.1) is 0 Å². The summed E-state index contributed by atoms with van der Waals surface area (Å²) < 4.78 is 0. The Morgan fingerprint density at radius 1 is 2.00 bits per heavy atom. The number of aliphatic imine (C=N–C) groups is 1. The van der Waals surface area contributed by atoms with Crippen LogP contribution in [0.1, 0.15) is 0 Å². The number of carbonyl (C=O) groups is 1. The van der Waals surface area contributed by atoms with E-state index in [1.54, 1.807) is 0 Å². The predicted molar refractivity (Wildman–Crippen MR) is 28.0 cm³/mol. The van der Waals surface area contributed by atoms with Crippen molar-refractivity contribution in [2.45, 2.75) is 0 Å². The van der Waals surface area contributed by atoms with E-state index in [2.05, 4.69) is 16.7 Å². The maximum absolute atomic E-state index is 9.88. The van der Waals surface area contributed by atoms with Crippen molar-refractivity contribution >= 4 is 23.2 Å². The van der Waals surface area contributed by atoms with Crippen LogP contribution in [-0.4, -0.2) is 23.2 Å². The summed E-state index contributed by atoms with van der Waals surface area (Å²) in [6.45, 7) is 2.99. The molecule has 0 heterocycles. The molecule has 0 unspecified atom stereocenters. The van der Waals surface area contributed by atoms with Crippen molar-refractivity contribution in [1.29, 1.82) is 0 Å². The van der Waals surface area contributed by atoms with Gasteiger partial charge in [-0.1, -0.05) is 0 Å². The molecule has 0 fully saturated rings.